The van der Waals surface area contributed by atoms with E-state index in [2.05, 4.69) is 0 Å². The molecule has 138 valence electrons. The molecule has 1 heterocycles. The lowest BCUT2D eigenvalue weighted by Gasteiger charge is -2.39. The zero-order valence-corrected chi connectivity index (χ0v) is 16.5. The minimum absolute atomic E-state index is 0.0289. The molecule has 1 unspecified atom stereocenters. The van der Waals surface area contributed by atoms with Crippen LogP contribution in [-0.2, 0) is 9.59 Å². The number of anilines is 1. The van der Waals surface area contributed by atoms with Gasteiger partial charge in [0.2, 0.25) is 5.91 Å². The van der Waals surface area contributed by atoms with Crippen LogP contribution in [0.2, 0.25) is 10.0 Å². The molecule has 3 nitrogen and oxygen atoms in total. The predicted molar refractivity (Wildman–Crippen MR) is 108 cm³/mol. The Morgan fingerprint density at radius 2 is 1.67 bits per heavy atom. The lowest BCUT2D eigenvalue weighted by Crippen LogP contribution is -2.41. The maximum Gasteiger partial charge on any atom is 0.232 e. The number of aryl methyl sites for hydroxylation is 1. The first kappa shape index (κ1) is 18.3. The molecular weight excluding hydrogens is 381 g/mol. The van der Waals surface area contributed by atoms with Crippen LogP contribution in [0.3, 0.4) is 0 Å². The number of benzene rings is 2. The van der Waals surface area contributed by atoms with Gasteiger partial charge in [-0.3, -0.25) is 14.5 Å². The van der Waals surface area contributed by atoms with Crippen LogP contribution in [0.4, 0.5) is 5.69 Å². The summed E-state index contributed by atoms with van der Waals surface area (Å²) in [6.07, 6.45) is 2.12. The average molecular weight is 400 g/mol. The van der Waals surface area contributed by atoms with E-state index in [1.807, 2.05) is 31.2 Å². The third-order valence-corrected chi connectivity index (χ3v) is 6.04. The van der Waals surface area contributed by atoms with E-state index in [4.69, 9.17) is 23.2 Å². The molecule has 0 bridgehead atoms. The molecule has 1 atom stereocenters. The van der Waals surface area contributed by atoms with Crippen molar-refractivity contribution in [2.24, 2.45) is 0 Å². The van der Waals surface area contributed by atoms with Crippen LogP contribution in [0.15, 0.2) is 53.7 Å². The minimum Gasteiger partial charge on any atom is -0.294 e. The summed E-state index contributed by atoms with van der Waals surface area (Å²) >= 11 is 12.8. The third-order valence-electron chi connectivity index (χ3n) is 5.38. The zero-order chi connectivity index (χ0) is 19.1. The highest BCUT2D eigenvalue weighted by molar-refractivity contribution is 6.36. The number of carbonyl (C=O) groups is 2. The number of amides is 1. The summed E-state index contributed by atoms with van der Waals surface area (Å²) in [6, 6.07) is 13.1. The van der Waals surface area contributed by atoms with Crippen molar-refractivity contribution in [3.63, 3.8) is 0 Å². The molecule has 1 aliphatic carbocycles. The summed E-state index contributed by atoms with van der Waals surface area (Å²) in [5.41, 5.74) is 4.02. The summed E-state index contributed by atoms with van der Waals surface area (Å²) in [5, 5.41) is 0.990. The number of halogens is 2. The standard InChI is InChI=1S/C22H19Cl2NO2/c1-13-6-2-3-9-17(13)25-18-10-5-11-19(26)22(18)14(12-20(25)27)21-15(23)7-4-8-16(21)24/h2-4,6-9,14H,5,10-12H2,1H3. The largest absolute Gasteiger partial charge is 0.294 e. The third kappa shape index (κ3) is 3.09. The van der Waals surface area contributed by atoms with Crippen molar-refractivity contribution >= 4 is 40.6 Å². The van der Waals surface area contributed by atoms with E-state index < -0.39 is 0 Å². The Morgan fingerprint density at radius 1 is 0.963 bits per heavy atom. The number of hydrogen-bond acceptors (Lipinski definition) is 2. The van der Waals surface area contributed by atoms with Crippen LogP contribution >= 0.6 is 23.2 Å². The minimum atomic E-state index is -0.387. The van der Waals surface area contributed by atoms with Crippen molar-refractivity contribution in [2.45, 2.75) is 38.5 Å². The molecule has 0 fully saturated rings. The van der Waals surface area contributed by atoms with Gasteiger partial charge in [-0.1, -0.05) is 47.5 Å². The number of hydrogen-bond donors (Lipinski definition) is 0. The highest BCUT2D eigenvalue weighted by Crippen LogP contribution is 2.47. The number of nitrogens with zero attached hydrogens (tertiary/aromatic N) is 1. The van der Waals surface area contributed by atoms with Crippen LogP contribution in [0.1, 0.15) is 42.7 Å². The molecule has 0 aromatic heterocycles. The second-order valence-electron chi connectivity index (χ2n) is 7.04. The number of para-hydroxylation sites is 1. The van der Waals surface area contributed by atoms with Gasteiger partial charge in [-0.05, 0) is 49.1 Å². The fraction of sp³-hybridized carbons (Fsp3) is 0.273. The van der Waals surface area contributed by atoms with Crippen molar-refractivity contribution in [1.29, 1.82) is 0 Å². The normalized spacial score (nSPS) is 20.1. The summed E-state index contributed by atoms with van der Waals surface area (Å²) in [7, 11) is 0. The van der Waals surface area contributed by atoms with Crippen LogP contribution in [0.5, 0.6) is 0 Å². The Bertz CT molecular complexity index is 960. The van der Waals surface area contributed by atoms with Crippen molar-refractivity contribution < 1.29 is 9.59 Å². The van der Waals surface area contributed by atoms with Gasteiger partial charge in [0, 0.05) is 40.1 Å². The predicted octanol–water partition coefficient (Wildman–Crippen LogP) is 5.83. The molecule has 2 aromatic carbocycles. The molecule has 1 amide bonds. The highest BCUT2D eigenvalue weighted by Gasteiger charge is 2.41. The monoisotopic (exact) mass is 399 g/mol. The van der Waals surface area contributed by atoms with E-state index >= 15 is 0 Å². The zero-order valence-electron chi connectivity index (χ0n) is 15.0. The van der Waals surface area contributed by atoms with Gasteiger partial charge < -0.3 is 0 Å². The van der Waals surface area contributed by atoms with Gasteiger partial charge in [0.1, 0.15) is 0 Å². The summed E-state index contributed by atoms with van der Waals surface area (Å²) in [5.74, 6) is -0.330. The highest BCUT2D eigenvalue weighted by atomic mass is 35.5. The lowest BCUT2D eigenvalue weighted by atomic mass is 9.77. The summed E-state index contributed by atoms with van der Waals surface area (Å²) in [4.78, 5) is 27.9. The number of carbonyl (C=O) groups excluding carboxylic acids is 2. The number of Topliss-reactive ketones (excluding diaryl/α,β-unsaturated/α-hetero) is 1. The van der Waals surface area contributed by atoms with Crippen molar-refractivity contribution in [2.75, 3.05) is 4.90 Å². The van der Waals surface area contributed by atoms with E-state index in [0.29, 0.717) is 34.0 Å². The molecule has 0 N–H and O–H groups in total. The molecule has 0 spiro atoms. The molecule has 2 aromatic rings. The van der Waals surface area contributed by atoms with Gasteiger partial charge in [-0.25, -0.2) is 0 Å². The lowest BCUT2D eigenvalue weighted by molar-refractivity contribution is -0.119. The second kappa shape index (κ2) is 7.14. The maximum absolute atomic E-state index is 13.2. The first-order valence-electron chi connectivity index (χ1n) is 9.07. The van der Waals surface area contributed by atoms with Gasteiger partial charge in [-0.2, -0.15) is 0 Å². The van der Waals surface area contributed by atoms with Crippen molar-refractivity contribution in [3.05, 3.63) is 74.9 Å². The Labute approximate surface area is 168 Å². The van der Waals surface area contributed by atoms with E-state index in [-0.39, 0.29) is 24.0 Å². The van der Waals surface area contributed by atoms with Gasteiger partial charge in [0.15, 0.2) is 5.78 Å². The first-order valence-corrected chi connectivity index (χ1v) is 9.83. The smallest absolute Gasteiger partial charge is 0.232 e. The van der Waals surface area contributed by atoms with Gasteiger partial charge in [-0.15, -0.1) is 0 Å². The van der Waals surface area contributed by atoms with E-state index in [1.165, 1.54) is 0 Å². The van der Waals surface area contributed by atoms with E-state index in [1.54, 1.807) is 23.1 Å². The van der Waals surface area contributed by atoms with E-state index in [9.17, 15) is 9.59 Å². The molecule has 0 saturated carbocycles. The molecular formula is C22H19Cl2NO2. The molecule has 0 radical (unpaired) electrons. The average Bonchev–Trinajstić information content (AvgIpc) is 2.63. The van der Waals surface area contributed by atoms with Crippen molar-refractivity contribution in [3.8, 4) is 0 Å². The SMILES string of the molecule is Cc1ccccc1N1C(=O)CC(c2c(Cl)cccc2Cl)C2=C1CCCC2=O. The first-order chi connectivity index (χ1) is 13.0. The topological polar surface area (TPSA) is 37.4 Å². The van der Waals surface area contributed by atoms with Crippen LogP contribution in [0, 0.1) is 6.92 Å². The van der Waals surface area contributed by atoms with Crippen LogP contribution in [-0.4, -0.2) is 11.7 Å². The Hall–Kier alpha value is -2.10. The summed E-state index contributed by atoms with van der Waals surface area (Å²) in [6.45, 7) is 1.98. The van der Waals surface area contributed by atoms with Gasteiger partial charge in [0.05, 0.1) is 5.69 Å². The number of ketones is 1. The molecule has 4 rings (SSSR count). The number of allylic oxidation sites excluding steroid dienone is 2. The molecule has 27 heavy (non-hydrogen) atoms. The molecule has 1 aliphatic heterocycles. The number of rotatable bonds is 2. The van der Waals surface area contributed by atoms with Crippen LogP contribution in [0.25, 0.3) is 0 Å². The fourth-order valence-corrected chi connectivity index (χ4v) is 4.84. The molecule has 0 saturated heterocycles. The fourth-order valence-electron chi connectivity index (χ4n) is 4.18. The van der Waals surface area contributed by atoms with Gasteiger partial charge >= 0.3 is 0 Å². The molecule has 2 aliphatic rings. The maximum atomic E-state index is 13.2. The van der Waals surface area contributed by atoms with E-state index in [0.717, 1.165) is 23.4 Å². The summed E-state index contributed by atoms with van der Waals surface area (Å²) < 4.78 is 0. The Kier molecular flexibility index (Phi) is 4.83. The van der Waals surface area contributed by atoms with Crippen molar-refractivity contribution in [1.82, 2.24) is 0 Å². The second-order valence-corrected chi connectivity index (χ2v) is 7.86. The Morgan fingerprint density at radius 3 is 2.37 bits per heavy atom. The van der Waals surface area contributed by atoms with Crippen LogP contribution < -0.4 is 4.90 Å². The quantitative estimate of drug-likeness (QED) is 0.636. The Balaban J connectivity index is 1.93. The van der Waals surface area contributed by atoms with Gasteiger partial charge in [0.25, 0.3) is 0 Å². The molecule has 5 heteroatoms.